The molecular weight excluding hydrogens is 366 g/mol. The third-order valence-corrected chi connectivity index (χ3v) is 5.00. The molecule has 1 heterocycles. The molecule has 1 aliphatic rings. The van der Waals surface area contributed by atoms with E-state index in [4.69, 9.17) is 4.74 Å². The topological polar surface area (TPSA) is 80.3 Å². The fourth-order valence-corrected chi connectivity index (χ4v) is 3.30. The maximum absolute atomic E-state index is 13.0. The second kappa shape index (κ2) is 7.54. The maximum Gasteiger partial charge on any atom is 0.240 e. The van der Waals surface area contributed by atoms with Crippen LogP contribution in [0.4, 0.5) is 11.4 Å². The van der Waals surface area contributed by atoms with Crippen molar-refractivity contribution in [1.82, 2.24) is 4.98 Å². The van der Waals surface area contributed by atoms with Gasteiger partial charge < -0.3 is 15.4 Å². The highest BCUT2D eigenvalue weighted by atomic mass is 16.5. The minimum absolute atomic E-state index is 0.0231. The Morgan fingerprint density at radius 3 is 2.31 bits per heavy atom. The average Bonchev–Trinajstić information content (AvgIpc) is 3.52. The van der Waals surface area contributed by atoms with Crippen molar-refractivity contribution in [3.05, 3.63) is 60.8 Å². The van der Waals surface area contributed by atoms with E-state index in [9.17, 15) is 9.59 Å². The molecule has 2 N–H and O–H groups in total. The first kappa shape index (κ1) is 18.9. The molecule has 2 aromatic carbocycles. The molecule has 0 aliphatic heterocycles. The van der Waals surface area contributed by atoms with Gasteiger partial charge in [-0.1, -0.05) is 30.3 Å². The van der Waals surface area contributed by atoms with Crippen LogP contribution in [0.5, 0.6) is 5.75 Å². The number of para-hydroxylation sites is 3. The molecule has 0 radical (unpaired) electrons. The number of benzene rings is 2. The van der Waals surface area contributed by atoms with E-state index in [2.05, 4.69) is 15.6 Å². The Kier molecular flexibility index (Phi) is 4.92. The van der Waals surface area contributed by atoms with E-state index in [-0.39, 0.29) is 17.9 Å². The van der Waals surface area contributed by atoms with Crippen molar-refractivity contribution >= 4 is 34.1 Å². The lowest BCUT2D eigenvalue weighted by Crippen LogP contribution is -2.35. The van der Waals surface area contributed by atoms with Gasteiger partial charge in [-0.05, 0) is 51.0 Å². The SMILES string of the molecule is CC(C)Oc1ccccc1NC(=O)C1(C(=O)Nc2cccc3cccnc23)CC1. The number of nitrogens with zero attached hydrogens (tertiary/aromatic N) is 1. The van der Waals surface area contributed by atoms with E-state index in [0.717, 1.165) is 5.39 Å². The van der Waals surface area contributed by atoms with Gasteiger partial charge in [0, 0.05) is 11.6 Å². The summed E-state index contributed by atoms with van der Waals surface area (Å²) in [5, 5.41) is 6.72. The van der Waals surface area contributed by atoms with Crippen molar-refractivity contribution in [3.8, 4) is 5.75 Å². The largest absolute Gasteiger partial charge is 0.489 e. The van der Waals surface area contributed by atoms with E-state index < -0.39 is 5.41 Å². The van der Waals surface area contributed by atoms with Crippen molar-refractivity contribution < 1.29 is 14.3 Å². The van der Waals surface area contributed by atoms with E-state index in [0.29, 0.717) is 35.5 Å². The molecule has 1 aromatic heterocycles. The summed E-state index contributed by atoms with van der Waals surface area (Å²) in [6.45, 7) is 3.85. The monoisotopic (exact) mass is 389 g/mol. The fourth-order valence-electron chi connectivity index (χ4n) is 3.30. The lowest BCUT2D eigenvalue weighted by atomic mass is 10.0. The molecule has 148 valence electrons. The Morgan fingerprint density at radius 2 is 1.59 bits per heavy atom. The number of hydrogen-bond donors (Lipinski definition) is 2. The predicted molar refractivity (Wildman–Crippen MR) is 113 cm³/mol. The van der Waals surface area contributed by atoms with Crippen LogP contribution in [0.15, 0.2) is 60.8 Å². The Labute approximate surface area is 169 Å². The van der Waals surface area contributed by atoms with Crippen molar-refractivity contribution in [2.24, 2.45) is 5.41 Å². The van der Waals surface area contributed by atoms with Gasteiger partial charge in [0.15, 0.2) is 0 Å². The van der Waals surface area contributed by atoms with Crippen LogP contribution in [0.3, 0.4) is 0 Å². The number of carbonyl (C=O) groups is 2. The fraction of sp³-hybridized carbons (Fsp3) is 0.261. The van der Waals surface area contributed by atoms with Gasteiger partial charge in [-0.15, -0.1) is 0 Å². The van der Waals surface area contributed by atoms with Crippen molar-refractivity contribution in [1.29, 1.82) is 0 Å². The van der Waals surface area contributed by atoms with Gasteiger partial charge >= 0.3 is 0 Å². The van der Waals surface area contributed by atoms with Gasteiger partial charge in [0.05, 0.1) is 23.0 Å². The Bertz CT molecular complexity index is 1070. The third-order valence-electron chi connectivity index (χ3n) is 5.00. The minimum Gasteiger partial charge on any atom is -0.489 e. The van der Waals surface area contributed by atoms with Crippen LogP contribution in [0.2, 0.25) is 0 Å². The zero-order chi connectivity index (χ0) is 20.4. The van der Waals surface area contributed by atoms with Gasteiger partial charge in [-0.2, -0.15) is 0 Å². The number of amides is 2. The highest BCUT2D eigenvalue weighted by Gasteiger charge is 2.56. The zero-order valence-electron chi connectivity index (χ0n) is 16.4. The summed E-state index contributed by atoms with van der Waals surface area (Å²) in [6.07, 6.45) is 2.68. The number of pyridine rings is 1. The normalized spacial score (nSPS) is 14.4. The molecule has 1 saturated carbocycles. The standard InChI is InChI=1S/C23H23N3O3/c1-15(2)29-19-11-4-3-9-17(19)25-21(27)23(12-13-23)22(28)26-18-10-5-7-16-8-6-14-24-20(16)18/h3-11,14-15H,12-13H2,1-2H3,(H,25,27)(H,26,28). The van der Waals surface area contributed by atoms with Crippen molar-refractivity contribution in [2.75, 3.05) is 10.6 Å². The summed E-state index contributed by atoms with van der Waals surface area (Å²) in [5.41, 5.74) is 0.810. The second-order valence-electron chi connectivity index (χ2n) is 7.53. The van der Waals surface area contributed by atoms with Crippen LogP contribution in [-0.2, 0) is 9.59 Å². The number of aromatic nitrogens is 1. The summed E-state index contributed by atoms with van der Waals surface area (Å²) in [4.78, 5) is 30.3. The first-order valence-electron chi connectivity index (χ1n) is 9.72. The molecule has 2 amide bonds. The van der Waals surface area contributed by atoms with E-state index in [1.54, 1.807) is 24.4 Å². The van der Waals surface area contributed by atoms with Crippen LogP contribution < -0.4 is 15.4 Å². The van der Waals surface area contributed by atoms with Crippen LogP contribution in [0, 0.1) is 5.41 Å². The number of carbonyl (C=O) groups excluding carboxylic acids is 2. The first-order valence-corrected chi connectivity index (χ1v) is 9.72. The van der Waals surface area contributed by atoms with Gasteiger partial charge in [-0.25, -0.2) is 0 Å². The van der Waals surface area contributed by atoms with Crippen LogP contribution in [0.1, 0.15) is 26.7 Å². The molecule has 0 unspecified atom stereocenters. The number of nitrogens with one attached hydrogen (secondary N) is 2. The van der Waals surface area contributed by atoms with E-state index in [1.807, 2.05) is 50.2 Å². The zero-order valence-corrected chi connectivity index (χ0v) is 16.4. The number of hydrogen-bond acceptors (Lipinski definition) is 4. The third kappa shape index (κ3) is 3.78. The van der Waals surface area contributed by atoms with Gasteiger partial charge in [0.1, 0.15) is 11.2 Å². The lowest BCUT2D eigenvalue weighted by Gasteiger charge is -2.18. The highest BCUT2D eigenvalue weighted by molar-refractivity contribution is 6.18. The van der Waals surface area contributed by atoms with Gasteiger partial charge in [0.25, 0.3) is 0 Å². The predicted octanol–water partition coefficient (Wildman–Crippen LogP) is 4.38. The highest BCUT2D eigenvalue weighted by Crippen LogP contribution is 2.48. The van der Waals surface area contributed by atoms with Crippen molar-refractivity contribution in [3.63, 3.8) is 0 Å². The number of fused-ring (bicyclic) bond motifs is 1. The van der Waals surface area contributed by atoms with Crippen LogP contribution >= 0.6 is 0 Å². The number of anilines is 2. The quantitative estimate of drug-likeness (QED) is 0.613. The smallest absolute Gasteiger partial charge is 0.240 e. The molecule has 6 nitrogen and oxygen atoms in total. The summed E-state index contributed by atoms with van der Waals surface area (Å²) in [5.74, 6) is -0.0382. The molecule has 0 spiro atoms. The molecule has 0 atom stereocenters. The molecule has 4 rings (SSSR count). The number of rotatable bonds is 6. The summed E-state index contributed by atoms with van der Waals surface area (Å²) >= 11 is 0. The Balaban J connectivity index is 1.53. The molecule has 6 heteroatoms. The molecular formula is C23H23N3O3. The van der Waals surface area contributed by atoms with Crippen LogP contribution in [-0.4, -0.2) is 22.9 Å². The Morgan fingerprint density at radius 1 is 0.931 bits per heavy atom. The second-order valence-corrected chi connectivity index (χ2v) is 7.53. The molecule has 3 aromatic rings. The van der Waals surface area contributed by atoms with E-state index in [1.165, 1.54) is 0 Å². The number of ether oxygens (including phenoxy) is 1. The average molecular weight is 389 g/mol. The van der Waals surface area contributed by atoms with Gasteiger partial charge in [0.2, 0.25) is 11.8 Å². The van der Waals surface area contributed by atoms with Crippen LogP contribution in [0.25, 0.3) is 10.9 Å². The molecule has 0 saturated heterocycles. The molecule has 1 fully saturated rings. The summed E-state index contributed by atoms with van der Waals surface area (Å²) < 4.78 is 5.76. The molecule has 0 bridgehead atoms. The summed E-state index contributed by atoms with van der Waals surface area (Å²) in [6, 6.07) is 16.6. The Hall–Kier alpha value is -3.41. The van der Waals surface area contributed by atoms with E-state index >= 15 is 0 Å². The first-order chi connectivity index (χ1) is 14.0. The molecule has 29 heavy (non-hydrogen) atoms. The maximum atomic E-state index is 13.0. The minimum atomic E-state index is -1.07. The van der Waals surface area contributed by atoms with Crippen molar-refractivity contribution in [2.45, 2.75) is 32.8 Å². The molecule has 1 aliphatic carbocycles. The lowest BCUT2D eigenvalue weighted by molar-refractivity contribution is -0.131. The summed E-state index contributed by atoms with van der Waals surface area (Å²) in [7, 11) is 0. The van der Waals surface area contributed by atoms with Gasteiger partial charge in [-0.3, -0.25) is 14.6 Å².